The second-order valence-corrected chi connectivity index (χ2v) is 3.65. The summed E-state index contributed by atoms with van der Waals surface area (Å²) in [6.45, 7) is 0. The summed E-state index contributed by atoms with van der Waals surface area (Å²) >= 11 is 0. The SMILES string of the molecule is [B][B]C1CCCCCCCC1. The molecule has 11 heavy (non-hydrogen) atoms. The van der Waals surface area contributed by atoms with E-state index in [0.717, 1.165) is 0 Å². The molecule has 0 aromatic rings. The Kier molecular flexibility index (Phi) is 4.81. The van der Waals surface area contributed by atoms with Crippen LogP contribution in [-0.4, -0.2) is 14.9 Å². The Morgan fingerprint density at radius 2 is 1.27 bits per heavy atom. The highest BCUT2D eigenvalue weighted by molar-refractivity contribution is 6.90. The second-order valence-electron chi connectivity index (χ2n) is 3.65. The van der Waals surface area contributed by atoms with Crippen LogP contribution in [0.2, 0.25) is 5.82 Å². The summed E-state index contributed by atoms with van der Waals surface area (Å²) in [5.74, 6) is 0.716. The van der Waals surface area contributed by atoms with E-state index in [1.54, 1.807) is 0 Å². The van der Waals surface area contributed by atoms with Crippen molar-refractivity contribution in [3.8, 4) is 0 Å². The van der Waals surface area contributed by atoms with E-state index in [4.69, 9.17) is 7.74 Å². The van der Waals surface area contributed by atoms with Crippen LogP contribution in [0.5, 0.6) is 0 Å². The van der Waals surface area contributed by atoms with Crippen molar-refractivity contribution in [3.05, 3.63) is 0 Å². The molecule has 0 aromatic carbocycles. The highest BCUT2D eigenvalue weighted by atomic mass is 14.1. The number of hydrogen-bond donors (Lipinski definition) is 0. The Bertz CT molecular complexity index is 83.6. The van der Waals surface area contributed by atoms with Crippen LogP contribution in [0.1, 0.15) is 51.4 Å². The van der Waals surface area contributed by atoms with Gasteiger partial charge in [-0.2, -0.15) is 0 Å². The molecule has 0 saturated heterocycles. The normalized spacial score (nSPS) is 23.3. The zero-order valence-corrected chi connectivity index (χ0v) is 7.39. The van der Waals surface area contributed by atoms with Crippen LogP contribution >= 0.6 is 0 Å². The van der Waals surface area contributed by atoms with Gasteiger partial charge in [0.25, 0.3) is 0 Å². The Balaban J connectivity index is 2.19. The van der Waals surface area contributed by atoms with Crippen molar-refractivity contribution < 1.29 is 0 Å². The van der Waals surface area contributed by atoms with Gasteiger partial charge in [-0.05, 0) is 0 Å². The molecule has 1 aliphatic carbocycles. The summed E-state index contributed by atoms with van der Waals surface area (Å²) in [4.78, 5) is 0. The molecule has 0 N–H and O–H groups in total. The fraction of sp³-hybridized carbons (Fsp3) is 1.00. The first kappa shape index (κ1) is 9.22. The van der Waals surface area contributed by atoms with Gasteiger partial charge in [0.05, 0.1) is 7.17 Å². The van der Waals surface area contributed by atoms with E-state index in [9.17, 15) is 0 Å². The minimum atomic E-state index is 0.716. The van der Waals surface area contributed by atoms with Crippen molar-refractivity contribution in [3.63, 3.8) is 0 Å². The van der Waals surface area contributed by atoms with E-state index in [-0.39, 0.29) is 0 Å². The highest BCUT2D eigenvalue weighted by Crippen LogP contribution is 2.24. The first-order valence-corrected chi connectivity index (χ1v) is 4.98. The van der Waals surface area contributed by atoms with Gasteiger partial charge in [0.2, 0.25) is 0 Å². The van der Waals surface area contributed by atoms with E-state index in [0.29, 0.717) is 5.82 Å². The average molecular weight is 147 g/mol. The Morgan fingerprint density at radius 1 is 0.818 bits per heavy atom. The van der Waals surface area contributed by atoms with Crippen LogP contribution in [-0.2, 0) is 0 Å². The van der Waals surface area contributed by atoms with Gasteiger partial charge < -0.3 is 0 Å². The molecule has 0 amide bonds. The highest BCUT2D eigenvalue weighted by Gasteiger charge is 2.07. The maximum absolute atomic E-state index is 5.55. The fourth-order valence-electron chi connectivity index (χ4n) is 1.86. The van der Waals surface area contributed by atoms with E-state index < -0.39 is 0 Å². The second kappa shape index (κ2) is 5.74. The minimum Gasteiger partial charge on any atom is -0.0782 e. The lowest BCUT2D eigenvalue weighted by molar-refractivity contribution is 0.622. The first-order valence-electron chi connectivity index (χ1n) is 4.98. The first-order chi connectivity index (χ1) is 5.43. The topological polar surface area (TPSA) is 0 Å². The molecule has 0 spiro atoms. The van der Waals surface area contributed by atoms with Gasteiger partial charge >= 0.3 is 0 Å². The molecule has 0 aromatic heterocycles. The molecule has 1 rings (SSSR count). The van der Waals surface area contributed by atoms with Crippen molar-refractivity contribution >= 4 is 14.9 Å². The third kappa shape index (κ3) is 3.88. The van der Waals surface area contributed by atoms with Crippen LogP contribution in [0.4, 0.5) is 0 Å². The summed E-state index contributed by atoms with van der Waals surface area (Å²) < 4.78 is 0. The van der Waals surface area contributed by atoms with Crippen molar-refractivity contribution in [2.45, 2.75) is 57.2 Å². The minimum absolute atomic E-state index is 0.716. The standard InChI is InChI=1S/C9H17B2/c10-11-9-7-5-3-1-2-4-6-8-9/h9H,1-8H2. The van der Waals surface area contributed by atoms with Gasteiger partial charge in [-0.3, -0.25) is 0 Å². The van der Waals surface area contributed by atoms with Crippen molar-refractivity contribution in [2.24, 2.45) is 0 Å². The summed E-state index contributed by atoms with van der Waals surface area (Å²) in [5, 5.41) is 0. The van der Waals surface area contributed by atoms with Gasteiger partial charge in [-0.15, -0.1) is 0 Å². The molecule has 1 fully saturated rings. The summed E-state index contributed by atoms with van der Waals surface area (Å²) in [6, 6.07) is 0. The van der Waals surface area contributed by atoms with Crippen LogP contribution in [0.15, 0.2) is 0 Å². The van der Waals surface area contributed by atoms with Crippen LogP contribution in [0, 0.1) is 0 Å². The Hall–Kier alpha value is 0.130. The zero-order valence-electron chi connectivity index (χ0n) is 7.39. The molecular weight excluding hydrogens is 130 g/mol. The fourth-order valence-corrected chi connectivity index (χ4v) is 1.86. The Morgan fingerprint density at radius 3 is 1.73 bits per heavy atom. The molecule has 1 aliphatic rings. The monoisotopic (exact) mass is 147 g/mol. The average Bonchev–Trinajstić information content (AvgIpc) is 2.16. The molecule has 1 saturated carbocycles. The maximum Gasteiger partial charge on any atom is 0.0587 e. The molecule has 59 valence electrons. The van der Waals surface area contributed by atoms with Crippen LogP contribution in [0.3, 0.4) is 0 Å². The quantitative estimate of drug-likeness (QED) is 0.500. The smallest absolute Gasteiger partial charge is 0.0587 e. The number of hydrogen-bond acceptors (Lipinski definition) is 0. The van der Waals surface area contributed by atoms with Gasteiger partial charge in [0.1, 0.15) is 0 Å². The van der Waals surface area contributed by atoms with E-state index in [1.165, 1.54) is 51.4 Å². The van der Waals surface area contributed by atoms with Crippen molar-refractivity contribution in [1.82, 2.24) is 0 Å². The molecule has 0 unspecified atom stereocenters. The summed E-state index contributed by atoms with van der Waals surface area (Å²) in [5.41, 5.74) is 0. The molecule has 3 radical (unpaired) electrons. The van der Waals surface area contributed by atoms with Crippen molar-refractivity contribution in [1.29, 1.82) is 0 Å². The molecule has 0 nitrogen and oxygen atoms in total. The lowest BCUT2D eigenvalue weighted by Gasteiger charge is -2.11. The van der Waals surface area contributed by atoms with E-state index in [2.05, 4.69) is 0 Å². The molecule has 2 heteroatoms. The lowest BCUT2D eigenvalue weighted by Crippen LogP contribution is -2.03. The van der Waals surface area contributed by atoms with Gasteiger partial charge in [-0.1, -0.05) is 57.2 Å². The molecule has 0 atom stereocenters. The predicted octanol–water partition coefficient (Wildman–Crippen LogP) is 2.70. The van der Waals surface area contributed by atoms with E-state index in [1.807, 2.05) is 7.17 Å². The van der Waals surface area contributed by atoms with Gasteiger partial charge in [0, 0.05) is 7.74 Å². The van der Waals surface area contributed by atoms with Crippen LogP contribution in [0.25, 0.3) is 0 Å². The van der Waals surface area contributed by atoms with Gasteiger partial charge in [-0.25, -0.2) is 0 Å². The summed E-state index contributed by atoms with van der Waals surface area (Å²) in [6.07, 6.45) is 11.2. The molecular formula is C9H17B2. The Labute approximate surface area is 72.8 Å². The summed E-state index contributed by atoms with van der Waals surface area (Å²) in [7, 11) is 7.46. The maximum atomic E-state index is 5.55. The zero-order chi connectivity index (χ0) is 7.94. The predicted molar refractivity (Wildman–Crippen MR) is 52.2 cm³/mol. The van der Waals surface area contributed by atoms with Crippen LogP contribution < -0.4 is 0 Å². The molecule has 0 aliphatic heterocycles. The molecule has 0 heterocycles. The van der Waals surface area contributed by atoms with Gasteiger partial charge in [0.15, 0.2) is 0 Å². The van der Waals surface area contributed by atoms with Crippen molar-refractivity contribution in [2.75, 3.05) is 0 Å². The lowest BCUT2D eigenvalue weighted by atomic mass is 9.45. The van der Waals surface area contributed by atoms with E-state index >= 15 is 0 Å². The molecule has 0 bridgehead atoms. The third-order valence-electron chi connectivity index (χ3n) is 2.67. The largest absolute Gasteiger partial charge is 0.0782 e. The number of rotatable bonds is 1. The third-order valence-corrected chi connectivity index (χ3v) is 2.67.